The molecule has 1 aliphatic heterocycles. The molecule has 0 amide bonds. The van der Waals surface area contributed by atoms with Crippen molar-refractivity contribution in [1.82, 2.24) is 9.97 Å². The van der Waals surface area contributed by atoms with Gasteiger partial charge in [0.1, 0.15) is 0 Å². The number of pyridine rings is 2. The Bertz CT molecular complexity index is 926. The van der Waals surface area contributed by atoms with Crippen molar-refractivity contribution in [2.24, 2.45) is 0 Å². The molecule has 2 aromatic heterocycles. The van der Waals surface area contributed by atoms with Gasteiger partial charge in [0.25, 0.3) is 0 Å². The summed E-state index contributed by atoms with van der Waals surface area (Å²) in [4.78, 5) is 10.6. The van der Waals surface area contributed by atoms with Crippen LogP contribution in [0.25, 0.3) is 11.1 Å². The summed E-state index contributed by atoms with van der Waals surface area (Å²) in [5, 5.41) is 3.20. The van der Waals surface area contributed by atoms with Crippen molar-refractivity contribution in [2.75, 3.05) is 16.9 Å². The summed E-state index contributed by atoms with van der Waals surface area (Å²) in [6, 6.07) is 11.0. The summed E-state index contributed by atoms with van der Waals surface area (Å²) in [6.45, 7) is 1.23. The second-order valence-corrected chi connectivity index (χ2v) is 6.06. The van der Waals surface area contributed by atoms with Crippen LogP contribution in [0.1, 0.15) is 11.1 Å². The van der Waals surface area contributed by atoms with E-state index in [1.165, 1.54) is 6.07 Å². The molecule has 0 atom stereocenters. The molecule has 0 saturated carbocycles. The van der Waals surface area contributed by atoms with Crippen LogP contribution >= 0.6 is 0 Å². The summed E-state index contributed by atoms with van der Waals surface area (Å²) < 4.78 is 38.9. The molecule has 3 heterocycles. The molecule has 4 rings (SSSR count). The molecular formula is C19H15F3N4. The molecule has 0 radical (unpaired) electrons. The lowest BCUT2D eigenvalue weighted by molar-refractivity contribution is -0.137. The van der Waals surface area contributed by atoms with E-state index in [0.29, 0.717) is 24.3 Å². The molecule has 132 valence electrons. The zero-order valence-electron chi connectivity index (χ0n) is 13.7. The van der Waals surface area contributed by atoms with E-state index in [9.17, 15) is 13.2 Å². The Morgan fingerprint density at radius 3 is 2.69 bits per heavy atom. The number of fused-ring (bicyclic) bond motifs is 1. The normalized spacial score (nSPS) is 13.4. The van der Waals surface area contributed by atoms with Crippen LogP contribution in [0, 0.1) is 0 Å². The maximum atomic E-state index is 13.0. The molecular weight excluding hydrogens is 341 g/mol. The van der Waals surface area contributed by atoms with Crippen LogP contribution in [0.2, 0.25) is 0 Å². The van der Waals surface area contributed by atoms with Crippen LogP contribution in [0.3, 0.4) is 0 Å². The molecule has 7 heteroatoms. The third kappa shape index (κ3) is 3.20. The fourth-order valence-corrected chi connectivity index (χ4v) is 2.97. The average molecular weight is 356 g/mol. The number of alkyl halides is 3. The van der Waals surface area contributed by atoms with E-state index in [-0.39, 0.29) is 0 Å². The highest BCUT2D eigenvalue weighted by Crippen LogP contribution is 2.36. The second-order valence-electron chi connectivity index (χ2n) is 6.06. The number of halogens is 3. The topological polar surface area (TPSA) is 41.1 Å². The minimum Gasteiger partial charge on any atom is -0.351 e. The summed E-state index contributed by atoms with van der Waals surface area (Å²) in [5.41, 5.74) is 2.38. The van der Waals surface area contributed by atoms with Crippen molar-refractivity contribution in [3.63, 3.8) is 0 Å². The van der Waals surface area contributed by atoms with Crippen molar-refractivity contribution in [2.45, 2.75) is 12.7 Å². The zero-order valence-corrected chi connectivity index (χ0v) is 13.7. The third-order valence-electron chi connectivity index (χ3n) is 4.27. The van der Waals surface area contributed by atoms with Gasteiger partial charge in [0.05, 0.1) is 17.9 Å². The van der Waals surface area contributed by atoms with E-state index in [0.717, 1.165) is 29.2 Å². The van der Waals surface area contributed by atoms with Gasteiger partial charge in [-0.15, -0.1) is 0 Å². The van der Waals surface area contributed by atoms with Gasteiger partial charge in [0.2, 0.25) is 0 Å². The Morgan fingerprint density at radius 1 is 1.04 bits per heavy atom. The summed E-state index contributed by atoms with van der Waals surface area (Å²) in [6.07, 6.45) is 0.734. The van der Waals surface area contributed by atoms with Crippen molar-refractivity contribution in [1.29, 1.82) is 0 Å². The highest BCUT2D eigenvalue weighted by Gasteiger charge is 2.30. The molecule has 0 fully saturated rings. The third-order valence-corrected chi connectivity index (χ3v) is 4.27. The maximum Gasteiger partial charge on any atom is 0.416 e. The number of hydrogen-bond donors (Lipinski definition) is 1. The predicted octanol–water partition coefficient (Wildman–Crippen LogP) is 4.55. The van der Waals surface area contributed by atoms with Gasteiger partial charge >= 0.3 is 6.18 Å². The molecule has 1 N–H and O–H groups in total. The van der Waals surface area contributed by atoms with E-state index >= 15 is 0 Å². The number of nitrogens with zero attached hydrogens (tertiary/aromatic N) is 3. The van der Waals surface area contributed by atoms with Gasteiger partial charge in [0.15, 0.2) is 5.82 Å². The van der Waals surface area contributed by atoms with Crippen LogP contribution in [0.5, 0.6) is 0 Å². The highest BCUT2D eigenvalue weighted by molar-refractivity contribution is 5.78. The molecule has 1 aromatic carbocycles. The SMILES string of the molecule is FC(F)(F)c1cccc(-c2cnc3c(c2)N(Cc2cccnc2)CN3)c1. The van der Waals surface area contributed by atoms with E-state index in [1.807, 2.05) is 18.2 Å². The van der Waals surface area contributed by atoms with Crippen molar-refractivity contribution >= 4 is 11.5 Å². The number of nitrogens with one attached hydrogen (secondary N) is 1. The zero-order chi connectivity index (χ0) is 18.1. The van der Waals surface area contributed by atoms with Gasteiger partial charge in [-0.1, -0.05) is 18.2 Å². The number of hydrogen-bond acceptors (Lipinski definition) is 4. The summed E-state index contributed by atoms with van der Waals surface area (Å²) >= 11 is 0. The molecule has 0 bridgehead atoms. The number of benzene rings is 1. The van der Waals surface area contributed by atoms with Gasteiger partial charge in [-0.25, -0.2) is 4.98 Å². The van der Waals surface area contributed by atoms with Gasteiger partial charge in [-0.3, -0.25) is 4.98 Å². The Labute approximate surface area is 148 Å². The number of rotatable bonds is 3. The fraction of sp³-hybridized carbons (Fsp3) is 0.158. The van der Waals surface area contributed by atoms with Crippen LogP contribution in [-0.4, -0.2) is 16.6 Å². The summed E-state index contributed by atoms with van der Waals surface area (Å²) in [5.74, 6) is 0.726. The minimum absolute atomic E-state index is 0.489. The van der Waals surface area contributed by atoms with Crippen molar-refractivity contribution in [3.8, 4) is 11.1 Å². The lowest BCUT2D eigenvalue weighted by Gasteiger charge is -2.18. The fourth-order valence-electron chi connectivity index (χ4n) is 2.97. The largest absolute Gasteiger partial charge is 0.416 e. The lowest BCUT2D eigenvalue weighted by atomic mass is 10.0. The average Bonchev–Trinajstić information content (AvgIpc) is 3.04. The van der Waals surface area contributed by atoms with Gasteiger partial charge in [-0.05, 0) is 35.4 Å². The van der Waals surface area contributed by atoms with Crippen LogP contribution in [0.15, 0.2) is 61.1 Å². The molecule has 3 aromatic rings. The van der Waals surface area contributed by atoms with Crippen LogP contribution < -0.4 is 10.2 Å². The van der Waals surface area contributed by atoms with Crippen molar-refractivity contribution in [3.05, 3.63) is 72.2 Å². The molecule has 4 nitrogen and oxygen atoms in total. The quantitative estimate of drug-likeness (QED) is 0.747. The molecule has 1 aliphatic rings. The van der Waals surface area contributed by atoms with Gasteiger partial charge in [0, 0.05) is 30.7 Å². The molecule has 26 heavy (non-hydrogen) atoms. The van der Waals surface area contributed by atoms with E-state index < -0.39 is 11.7 Å². The van der Waals surface area contributed by atoms with Gasteiger partial charge < -0.3 is 10.2 Å². The van der Waals surface area contributed by atoms with Crippen LogP contribution in [-0.2, 0) is 12.7 Å². The maximum absolute atomic E-state index is 13.0. The number of anilines is 2. The molecule has 0 spiro atoms. The predicted molar refractivity (Wildman–Crippen MR) is 93.6 cm³/mol. The Balaban J connectivity index is 1.66. The van der Waals surface area contributed by atoms with Crippen molar-refractivity contribution < 1.29 is 13.2 Å². The van der Waals surface area contributed by atoms with Crippen LogP contribution in [0.4, 0.5) is 24.7 Å². The first-order valence-corrected chi connectivity index (χ1v) is 8.06. The standard InChI is InChI=1S/C19H15F3N4/c20-19(21,22)16-5-1-4-14(7-16)15-8-17-18(24-10-15)25-12-26(17)11-13-3-2-6-23-9-13/h1-10H,11-12H2,(H,24,25). The molecule has 0 aliphatic carbocycles. The Morgan fingerprint density at radius 2 is 1.92 bits per heavy atom. The Hall–Kier alpha value is -3.09. The minimum atomic E-state index is -4.37. The molecule has 0 unspecified atom stereocenters. The Kier molecular flexibility index (Phi) is 3.99. The monoisotopic (exact) mass is 356 g/mol. The smallest absolute Gasteiger partial charge is 0.351 e. The first-order chi connectivity index (χ1) is 12.5. The first kappa shape index (κ1) is 16.4. The van der Waals surface area contributed by atoms with E-state index in [2.05, 4.69) is 20.2 Å². The van der Waals surface area contributed by atoms with E-state index in [4.69, 9.17) is 0 Å². The highest BCUT2D eigenvalue weighted by atomic mass is 19.4. The second kappa shape index (κ2) is 6.33. The van der Waals surface area contributed by atoms with Gasteiger partial charge in [-0.2, -0.15) is 13.2 Å². The first-order valence-electron chi connectivity index (χ1n) is 8.06. The number of aromatic nitrogens is 2. The summed E-state index contributed by atoms with van der Waals surface area (Å²) in [7, 11) is 0. The van der Waals surface area contributed by atoms with E-state index in [1.54, 1.807) is 24.7 Å². The lowest BCUT2D eigenvalue weighted by Crippen LogP contribution is -2.22. The molecule has 0 saturated heterocycles.